The van der Waals surface area contributed by atoms with E-state index in [-0.39, 0.29) is 38.6 Å². The lowest BCUT2D eigenvalue weighted by molar-refractivity contribution is -0.161. The minimum absolute atomic E-state index is 0.0463. The fraction of sp³-hybridized carbons (Fsp3) is 0.676. The van der Waals surface area contributed by atoms with E-state index in [4.69, 9.17) is 24.3 Å². The lowest BCUT2D eigenvalue weighted by Gasteiger charge is -2.19. The summed E-state index contributed by atoms with van der Waals surface area (Å²) in [6, 6.07) is 0. The maximum atomic E-state index is 12.7. The number of rotatable bonds is 58. The average Bonchev–Trinajstić information content (AvgIpc) is 3.43. The van der Waals surface area contributed by atoms with E-state index < -0.39 is 26.5 Å². The number of phosphoric ester groups is 1. The van der Waals surface area contributed by atoms with Crippen molar-refractivity contribution < 1.29 is 37.6 Å². The second-order valence-electron chi connectivity index (χ2n) is 20.6. The summed E-state index contributed by atoms with van der Waals surface area (Å²) in [5.41, 5.74) is 5.39. The summed E-state index contributed by atoms with van der Waals surface area (Å²) in [4.78, 5) is 35.2. The van der Waals surface area contributed by atoms with Crippen LogP contribution in [-0.2, 0) is 32.7 Å². The van der Waals surface area contributed by atoms with Crippen molar-refractivity contribution in [3.05, 3.63) is 122 Å². The van der Waals surface area contributed by atoms with Crippen LogP contribution in [0.1, 0.15) is 264 Å². The van der Waals surface area contributed by atoms with Gasteiger partial charge in [0.1, 0.15) is 6.61 Å². The molecule has 0 radical (unpaired) electrons. The van der Waals surface area contributed by atoms with E-state index >= 15 is 0 Å². The molecule has 0 heterocycles. The minimum atomic E-state index is -4.40. The van der Waals surface area contributed by atoms with Crippen molar-refractivity contribution in [2.75, 3.05) is 26.4 Å². The molecule has 0 spiro atoms. The normalized spacial score (nSPS) is 13.8. The molecular weight excluding hydrogens is 990 g/mol. The Kier molecular flexibility index (Phi) is 59.7. The summed E-state index contributed by atoms with van der Waals surface area (Å²) in [6.07, 6.45) is 86.9. The quantitative estimate of drug-likeness (QED) is 0.0264. The van der Waals surface area contributed by atoms with Crippen molar-refractivity contribution in [2.24, 2.45) is 5.73 Å². The molecule has 0 aromatic carbocycles. The number of ether oxygens (including phenoxy) is 2. The molecule has 0 saturated heterocycles. The zero-order valence-electron chi connectivity index (χ0n) is 49.9. The Morgan fingerprint density at radius 2 is 0.705 bits per heavy atom. The molecule has 78 heavy (non-hydrogen) atoms. The van der Waals surface area contributed by atoms with E-state index in [0.717, 1.165) is 122 Å². The van der Waals surface area contributed by atoms with Crippen LogP contribution in [0.15, 0.2) is 122 Å². The van der Waals surface area contributed by atoms with Crippen LogP contribution in [0.5, 0.6) is 0 Å². The molecule has 3 N–H and O–H groups in total. The van der Waals surface area contributed by atoms with Gasteiger partial charge in [-0.05, 0) is 89.9 Å². The average molecular weight is 1110 g/mol. The van der Waals surface area contributed by atoms with Crippen molar-refractivity contribution in [2.45, 2.75) is 270 Å². The number of esters is 2. The van der Waals surface area contributed by atoms with Crippen molar-refractivity contribution in [3.8, 4) is 0 Å². The van der Waals surface area contributed by atoms with Gasteiger partial charge in [-0.3, -0.25) is 18.6 Å². The molecule has 0 aliphatic rings. The summed E-state index contributed by atoms with van der Waals surface area (Å²) < 4.78 is 33.1. The lowest BCUT2D eigenvalue weighted by atomic mass is 10.0. The highest BCUT2D eigenvalue weighted by atomic mass is 31.2. The maximum Gasteiger partial charge on any atom is 0.472 e. The summed E-state index contributed by atoms with van der Waals surface area (Å²) in [5, 5.41) is 0. The Morgan fingerprint density at radius 3 is 1.05 bits per heavy atom. The second kappa shape index (κ2) is 62.6. The molecule has 9 nitrogen and oxygen atoms in total. The number of hydrogen-bond acceptors (Lipinski definition) is 8. The number of allylic oxidation sites excluding steroid dienone is 20. The Balaban J connectivity index is 4.02. The number of nitrogens with two attached hydrogens (primary N) is 1. The molecule has 2 unspecified atom stereocenters. The van der Waals surface area contributed by atoms with Crippen LogP contribution in [0.2, 0.25) is 0 Å². The third-order valence-corrected chi connectivity index (χ3v) is 14.1. The van der Waals surface area contributed by atoms with E-state index in [0.29, 0.717) is 6.42 Å². The predicted octanol–water partition coefficient (Wildman–Crippen LogP) is 20.3. The fourth-order valence-electron chi connectivity index (χ4n) is 8.49. The molecule has 0 aliphatic carbocycles. The van der Waals surface area contributed by atoms with Gasteiger partial charge in [0.05, 0.1) is 13.2 Å². The molecule has 0 aromatic heterocycles. The number of carbonyl (C=O) groups is 2. The van der Waals surface area contributed by atoms with Crippen LogP contribution in [0.4, 0.5) is 0 Å². The zero-order valence-corrected chi connectivity index (χ0v) is 50.8. The SMILES string of the molecule is CC/C=C\C/C=C\C/C=C\C/C=C\C/C=C\C/C=C\C/C=C\C/C=C\C/C=C\C/C=C\CCCCCCCCC(=O)OC(COC(=O)CCCCCCCCCCCCCCCCCCCCCC)COP(=O)(O)OCCN. The summed E-state index contributed by atoms with van der Waals surface area (Å²) in [5.74, 6) is -0.843. The van der Waals surface area contributed by atoms with Gasteiger partial charge in [-0.1, -0.05) is 283 Å². The van der Waals surface area contributed by atoms with Gasteiger partial charge in [0.15, 0.2) is 6.10 Å². The number of unbranched alkanes of at least 4 members (excludes halogenated alkanes) is 25. The van der Waals surface area contributed by atoms with Gasteiger partial charge in [-0.2, -0.15) is 0 Å². The van der Waals surface area contributed by atoms with Crippen LogP contribution in [-0.4, -0.2) is 49.3 Å². The number of phosphoric acid groups is 1. The van der Waals surface area contributed by atoms with E-state index in [1.54, 1.807) is 0 Å². The molecule has 10 heteroatoms. The van der Waals surface area contributed by atoms with Crippen molar-refractivity contribution in [1.29, 1.82) is 0 Å². The van der Waals surface area contributed by atoms with Gasteiger partial charge < -0.3 is 20.1 Å². The minimum Gasteiger partial charge on any atom is -0.462 e. The predicted molar refractivity (Wildman–Crippen MR) is 334 cm³/mol. The Labute approximate surface area is 479 Å². The molecule has 0 rings (SSSR count). The van der Waals surface area contributed by atoms with E-state index in [1.165, 1.54) is 109 Å². The molecule has 0 amide bonds. The summed E-state index contributed by atoms with van der Waals surface area (Å²) in [7, 11) is -4.40. The van der Waals surface area contributed by atoms with Gasteiger partial charge in [0.25, 0.3) is 0 Å². The maximum absolute atomic E-state index is 12.7. The molecule has 0 aromatic rings. The summed E-state index contributed by atoms with van der Waals surface area (Å²) in [6.45, 7) is 3.63. The Bertz CT molecular complexity index is 1690. The zero-order chi connectivity index (χ0) is 56.6. The largest absolute Gasteiger partial charge is 0.472 e. The van der Waals surface area contributed by atoms with Crippen LogP contribution >= 0.6 is 7.82 Å². The third-order valence-electron chi connectivity index (χ3n) is 13.1. The van der Waals surface area contributed by atoms with Gasteiger partial charge in [0.2, 0.25) is 0 Å². The smallest absolute Gasteiger partial charge is 0.462 e. The first kappa shape index (κ1) is 74.4. The Morgan fingerprint density at radius 1 is 0.397 bits per heavy atom. The highest BCUT2D eigenvalue weighted by Crippen LogP contribution is 2.43. The standard InChI is InChI=1S/C68H116NO8P/c1-3-5-7-9-11-13-15-17-19-21-23-25-26-27-28-29-30-31-32-33-34-35-36-37-38-39-40-41-43-45-47-49-51-53-55-57-59-61-68(71)77-66(65-76-78(72,73)75-63-62-69)64-74-67(70)60-58-56-54-52-50-48-46-44-42-24-22-20-18-16-14-12-10-8-6-4-2/h5,7,11,13,17,19,23,25,27-28,30-31,33-34,36-37,39-40,43,45,66H,3-4,6,8-10,12,14-16,18,20-22,24,26,29,32,35,38,41-42,44,46-65,69H2,1-2H3,(H,72,73)/b7-5-,13-11-,19-17-,25-23-,28-27-,31-30-,34-33-,37-36-,40-39-,45-43-. The monoisotopic (exact) mass is 1110 g/mol. The van der Waals surface area contributed by atoms with Crippen molar-refractivity contribution >= 4 is 19.8 Å². The molecule has 0 bridgehead atoms. The van der Waals surface area contributed by atoms with Gasteiger partial charge >= 0.3 is 19.8 Å². The topological polar surface area (TPSA) is 134 Å². The van der Waals surface area contributed by atoms with Gasteiger partial charge in [-0.25, -0.2) is 4.57 Å². The first-order chi connectivity index (χ1) is 38.3. The highest BCUT2D eigenvalue weighted by Gasteiger charge is 2.26. The van der Waals surface area contributed by atoms with Gasteiger partial charge in [-0.15, -0.1) is 0 Å². The first-order valence-electron chi connectivity index (χ1n) is 31.5. The highest BCUT2D eigenvalue weighted by molar-refractivity contribution is 7.47. The lowest BCUT2D eigenvalue weighted by Crippen LogP contribution is -2.29. The summed E-state index contributed by atoms with van der Waals surface area (Å²) >= 11 is 0. The third kappa shape index (κ3) is 61.6. The van der Waals surface area contributed by atoms with E-state index in [9.17, 15) is 19.0 Å². The van der Waals surface area contributed by atoms with Crippen molar-refractivity contribution in [3.63, 3.8) is 0 Å². The number of carbonyl (C=O) groups excluding carboxylic acids is 2. The fourth-order valence-corrected chi connectivity index (χ4v) is 9.25. The van der Waals surface area contributed by atoms with Crippen LogP contribution in [0.25, 0.3) is 0 Å². The first-order valence-corrected chi connectivity index (χ1v) is 33.0. The van der Waals surface area contributed by atoms with Crippen LogP contribution in [0.3, 0.4) is 0 Å². The second-order valence-corrected chi connectivity index (χ2v) is 22.0. The number of hydrogen-bond donors (Lipinski definition) is 2. The molecule has 0 fully saturated rings. The Hall–Kier alpha value is -3.59. The van der Waals surface area contributed by atoms with Crippen LogP contribution in [0, 0.1) is 0 Å². The van der Waals surface area contributed by atoms with Gasteiger partial charge in [0, 0.05) is 19.4 Å². The molecule has 0 saturated carbocycles. The molecule has 0 aliphatic heterocycles. The van der Waals surface area contributed by atoms with Crippen molar-refractivity contribution in [1.82, 2.24) is 0 Å². The van der Waals surface area contributed by atoms with Crippen LogP contribution < -0.4 is 5.73 Å². The molecule has 2 atom stereocenters. The molecular formula is C68H116NO8P. The van der Waals surface area contributed by atoms with E-state index in [2.05, 4.69) is 135 Å². The van der Waals surface area contributed by atoms with E-state index in [1.807, 2.05) is 0 Å². The molecule has 446 valence electrons.